The summed E-state index contributed by atoms with van der Waals surface area (Å²) in [5.74, 6) is -0.0806. The highest BCUT2D eigenvalue weighted by atomic mass is 32.2. The van der Waals surface area contributed by atoms with Crippen LogP contribution in [-0.4, -0.2) is 23.5 Å². The SMILES string of the molecule is O=c1oc2cc(OS(=O)(=O)c3cncnc3)ccc2c2ccc(O)cc12. The van der Waals surface area contributed by atoms with Gasteiger partial charge in [0.2, 0.25) is 0 Å². The second-order valence-electron chi connectivity index (χ2n) is 5.39. The van der Waals surface area contributed by atoms with E-state index in [2.05, 4.69) is 9.97 Å². The molecule has 0 saturated carbocycles. The van der Waals surface area contributed by atoms with Gasteiger partial charge in [0.1, 0.15) is 28.3 Å². The van der Waals surface area contributed by atoms with E-state index >= 15 is 0 Å². The summed E-state index contributed by atoms with van der Waals surface area (Å²) in [6.45, 7) is 0. The molecule has 0 amide bonds. The lowest BCUT2D eigenvalue weighted by atomic mass is 10.1. The molecule has 4 aromatic rings. The van der Waals surface area contributed by atoms with Crippen LogP contribution in [0.3, 0.4) is 0 Å². The van der Waals surface area contributed by atoms with Gasteiger partial charge in [-0.05, 0) is 30.3 Å². The van der Waals surface area contributed by atoms with E-state index < -0.39 is 15.7 Å². The van der Waals surface area contributed by atoms with Crippen LogP contribution in [0, 0.1) is 0 Å². The third-order valence-electron chi connectivity index (χ3n) is 3.70. The van der Waals surface area contributed by atoms with Crippen molar-refractivity contribution in [1.82, 2.24) is 9.97 Å². The fourth-order valence-corrected chi connectivity index (χ4v) is 3.37. The van der Waals surface area contributed by atoms with Gasteiger partial charge in [-0.3, -0.25) is 0 Å². The third-order valence-corrected chi connectivity index (χ3v) is 4.90. The molecule has 2 heterocycles. The van der Waals surface area contributed by atoms with E-state index in [-0.39, 0.29) is 27.4 Å². The standard InChI is InChI=1S/C17H10N2O6S/c20-10-1-3-13-14-4-2-11(6-16(14)24-17(21)15(13)5-10)25-26(22,23)12-7-18-9-19-8-12/h1-9,20H. The largest absolute Gasteiger partial charge is 0.508 e. The number of hydrogen-bond donors (Lipinski definition) is 1. The van der Waals surface area contributed by atoms with Crippen molar-refractivity contribution < 1.29 is 22.1 Å². The Kier molecular flexibility index (Phi) is 3.58. The number of phenolic OH excluding ortho intramolecular Hbond substituents is 1. The molecule has 2 aromatic carbocycles. The molecule has 9 heteroatoms. The maximum absolute atomic E-state index is 12.2. The molecule has 0 saturated heterocycles. The number of aromatic hydroxyl groups is 1. The lowest BCUT2D eigenvalue weighted by molar-refractivity contribution is 0.475. The van der Waals surface area contributed by atoms with E-state index in [4.69, 9.17) is 8.60 Å². The number of aromatic nitrogens is 2. The van der Waals surface area contributed by atoms with Crippen molar-refractivity contribution in [2.45, 2.75) is 4.90 Å². The van der Waals surface area contributed by atoms with Crippen LogP contribution in [0.25, 0.3) is 21.7 Å². The molecule has 0 aliphatic rings. The van der Waals surface area contributed by atoms with Gasteiger partial charge < -0.3 is 13.7 Å². The Morgan fingerprint density at radius 2 is 1.69 bits per heavy atom. The first-order valence-electron chi connectivity index (χ1n) is 7.33. The fraction of sp³-hybridized carbons (Fsp3) is 0. The lowest BCUT2D eigenvalue weighted by Gasteiger charge is -2.08. The third kappa shape index (κ3) is 2.74. The first kappa shape index (κ1) is 16.0. The predicted octanol–water partition coefficient (Wildman–Crippen LogP) is 2.21. The molecule has 0 unspecified atom stereocenters. The summed E-state index contributed by atoms with van der Waals surface area (Å²) in [5, 5.41) is 10.9. The molecule has 0 radical (unpaired) electrons. The fourth-order valence-electron chi connectivity index (χ4n) is 2.54. The monoisotopic (exact) mass is 370 g/mol. The Balaban J connectivity index is 1.83. The number of nitrogens with zero attached hydrogens (tertiary/aromatic N) is 2. The molecule has 4 rings (SSSR count). The Morgan fingerprint density at radius 3 is 2.46 bits per heavy atom. The maximum atomic E-state index is 12.2. The molecule has 0 fully saturated rings. The second-order valence-corrected chi connectivity index (χ2v) is 6.94. The van der Waals surface area contributed by atoms with Crippen molar-refractivity contribution in [3.63, 3.8) is 0 Å². The first-order chi connectivity index (χ1) is 12.4. The summed E-state index contributed by atoms with van der Waals surface area (Å²) in [7, 11) is -4.12. The van der Waals surface area contributed by atoms with Crippen LogP contribution in [0.15, 0.2) is 69.2 Å². The zero-order valence-electron chi connectivity index (χ0n) is 13.0. The summed E-state index contributed by atoms with van der Waals surface area (Å²) < 4.78 is 34.7. The summed E-state index contributed by atoms with van der Waals surface area (Å²) >= 11 is 0. The minimum absolute atomic E-state index is 0.0253. The number of rotatable bonds is 3. The predicted molar refractivity (Wildman–Crippen MR) is 91.5 cm³/mol. The van der Waals surface area contributed by atoms with E-state index in [1.54, 1.807) is 12.1 Å². The zero-order valence-corrected chi connectivity index (χ0v) is 13.8. The molecular formula is C17H10N2O6S. The highest BCUT2D eigenvalue weighted by Crippen LogP contribution is 2.29. The van der Waals surface area contributed by atoms with Crippen molar-refractivity contribution in [2.75, 3.05) is 0 Å². The molecule has 1 N–H and O–H groups in total. The molecule has 0 aliphatic carbocycles. The van der Waals surface area contributed by atoms with Gasteiger partial charge in [-0.25, -0.2) is 14.8 Å². The molecule has 2 aromatic heterocycles. The van der Waals surface area contributed by atoms with Gasteiger partial charge in [-0.2, -0.15) is 8.42 Å². The molecule has 0 bridgehead atoms. The average Bonchev–Trinajstić information content (AvgIpc) is 2.62. The lowest BCUT2D eigenvalue weighted by Crippen LogP contribution is -2.10. The van der Waals surface area contributed by atoms with Gasteiger partial charge in [0.15, 0.2) is 0 Å². The average molecular weight is 370 g/mol. The first-order valence-corrected chi connectivity index (χ1v) is 8.74. The van der Waals surface area contributed by atoms with E-state index in [1.807, 2.05) is 0 Å². The maximum Gasteiger partial charge on any atom is 0.344 e. The van der Waals surface area contributed by atoms with Crippen LogP contribution in [-0.2, 0) is 10.1 Å². The zero-order chi connectivity index (χ0) is 18.3. The molecule has 8 nitrogen and oxygen atoms in total. The quantitative estimate of drug-likeness (QED) is 0.331. The molecule has 26 heavy (non-hydrogen) atoms. The summed E-state index contributed by atoms with van der Waals surface area (Å²) in [6, 6.07) is 8.67. The van der Waals surface area contributed by atoms with Crippen molar-refractivity contribution in [1.29, 1.82) is 0 Å². The van der Waals surface area contributed by atoms with E-state index in [9.17, 15) is 18.3 Å². The van der Waals surface area contributed by atoms with Gasteiger partial charge in [-0.1, -0.05) is 0 Å². The minimum atomic E-state index is -4.12. The Morgan fingerprint density at radius 1 is 0.962 bits per heavy atom. The number of fused-ring (bicyclic) bond motifs is 3. The van der Waals surface area contributed by atoms with Gasteiger partial charge in [0.25, 0.3) is 0 Å². The normalized spacial score (nSPS) is 11.7. The summed E-state index contributed by atoms with van der Waals surface area (Å²) in [4.78, 5) is 19.2. The molecule has 0 aliphatic heterocycles. The van der Waals surface area contributed by atoms with Crippen molar-refractivity contribution in [3.8, 4) is 11.5 Å². The Labute approximate surface area is 146 Å². The highest BCUT2D eigenvalue weighted by Gasteiger charge is 2.18. The van der Waals surface area contributed by atoms with Crippen LogP contribution in [0.2, 0.25) is 0 Å². The number of benzene rings is 2. The van der Waals surface area contributed by atoms with Gasteiger partial charge in [0.05, 0.1) is 17.8 Å². The van der Waals surface area contributed by atoms with Crippen molar-refractivity contribution in [3.05, 3.63) is 65.5 Å². The molecule has 0 atom stereocenters. The molecular weight excluding hydrogens is 360 g/mol. The Bertz CT molecular complexity index is 1300. The van der Waals surface area contributed by atoms with Gasteiger partial charge in [-0.15, -0.1) is 0 Å². The molecule has 0 spiro atoms. The van der Waals surface area contributed by atoms with Crippen molar-refractivity contribution in [2.24, 2.45) is 0 Å². The number of hydrogen-bond acceptors (Lipinski definition) is 8. The van der Waals surface area contributed by atoms with Crippen LogP contribution in [0.1, 0.15) is 0 Å². The van der Waals surface area contributed by atoms with E-state index in [0.717, 1.165) is 12.4 Å². The highest BCUT2D eigenvalue weighted by molar-refractivity contribution is 7.87. The minimum Gasteiger partial charge on any atom is -0.508 e. The summed E-state index contributed by atoms with van der Waals surface area (Å²) in [6.07, 6.45) is 3.43. The van der Waals surface area contributed by atoms with Crippen LogP contribution in [0.5, 0.6) is 11.5 Å². The number of phenols is 1. The Hall–Kier alpha value is -3.46. The second kappa shape index (κ2) is 5.81. The van der Waals surface area contributed by atoms with Gasteiger partial charge >= 0.3 is 15.7 Å². The summed E-state index contributed by atoms with van der Waals surface area (Å²) in [5.41, 5.74) is -0.495. The van der Waals surface area contributed by atoms with Crippen molar-refractivity contribution >= 4 is 31.9 Å². The topological polar surface area (TPSA) is 120 Å². The van der Waals surface area contributed by atoms with Crippen LogP contribution in [0.4, 0.5) is 0 Å². The van der Waals surface area contributed by atoms with Gasteiger partial charge in [0, 0.05) is 16.8 Å². The van der Waals surface area contributed by atoms with E-state index in [1.165, 1.54) is 30.6 Å². The van der Waals surface area contributed by atoms with Crippen LogP contribution < -0.4 is 9.81 Å². The molecule has 130 valence electrons. The smallest absolute Gasteiger partial charge is 0.344 e. The van der Waals surface area contributed by atoms with Crippen LogP contribution >= 0.6 is 0 Å². The van der Waals surface area contributed by atoms with E-state index in [0.29, 0.717) is 10.8 Å².